The van der Waals surface area contributed by atoms with Crippen molar-refractivity contribution in [2.24, 2.45) is 5.92 Å². The van der Waals surface area contributed by atoms with Gasteiger partial charge in [0, 0.05) is 25.4 Å². The molecule has 4 nitrogen and oxygen atoms in total. The van der Waals surface area contributed by atoms with Gasteiger partial charge in [0.15, 0.2) is 0 Å². The largest absolute Gasteiger partial charge is 0.342 e. The average Bonchev–Trinajstić information content (AvgIpc) is 2.48. The Bertz CT molecular complexity index is 270. The van der Waals surface area contributed by atoms with Gasteiger partial charge < -0.3 is 15.1 Å². The van der Waals surface area contributed by atoms with Crippen LogP contribution in [0.3, 0.4) is 0 Å². The van der Waals surface area contributed by atoms with Crippen molar-refractivity contribution in [3.05, 3.63) is 0 Å². The molecule has 1 fully saturated rings. The Morgan fingerprint density at radius 1 is 1.40 bits per heavy atom. The molecule has 0 saturated carbocycles. The van der Waals surface area contributed by atoms with Gasteiger partial charge in [-0.15, -0.1) is 0 Å². The summed E-state index contributed by atoms with van der Waals surface area (Å²) < 4.78 is 0. The Morgan fingerprint density at radius 3 is 2.80 bits per heavy atom. The molecule has 0 aliphatic carbocycles. The van der Waals surface area contributed by atoms with Crippen LogP contribution < -0.4 is 5.32 Å². The van der Waals surface area contributed by atoms with Crippen molar-refractivity contribution < 1.29 is 4.79 Å². The molecule has 118 valence electrons. The molecular weight excluding hydrogens is 270 g/mol. The molecule has 20 heavy (non-hydrogen) atoms. The molecule has 1 amide bonds. The standard InChI is InChI=1S/C15H31N3OS/c1-4-17(5-2)9-10-20-13-15(19)18-8-6-7-14(12-18)11-16-3/h14,16H,4-13H2,1-3H3. The molecule has 1 atom stereocenters. The first kappa shape index (κ1) is 17.8. The smallest absolute Gasteiger partial charge is 0.232 e. The molecule has 0 aromatic rings. The Kier molecular flexibility index (Phi) is 9.31. The van der Waals surface area contributed by atoms with Crippen LogP contribution in [0.1, 0.15) is 26.7 Å². The molecule has 1 rings (SSSR count). The lowest BCUT2D eigenvalue weighted by Crippen LogP contribution is -2.43. The predicted molar refractivity (Wildman–Crippen MR) is 88.3 cm³/mol. The van der Waals surface area contributed by atoms with Gasteiger partial charge in [-0.05, 0) is 45.4 Å². The SMILES string of the molecule is CCN(CC)CCSCC(=O)N1CCCC(CNC)C1. The van der Waals surface area contributed by atoms with Crippen molar-refractivity contribution in [3.8, 4) is 0 Å². The van der Waals surface area contributed by atoms with Crippen LogP contribution in [0.25, 0.3) is 0 Å². The lowest BCUT2D eigenvalue weighted by atomic mass is 9.98. The quantitative estimate of drug-likeness (QED) is 0.655. The third-order valence-electron chi connectivity index (χ3n) is 4.04. The molecular formula is C15H31N3OS. The molecule has 1 saturated heterocycles. The van der Waals surface area contributed by atoms with Crippen molar-refractivity contribution in [1.29, 1.82) is 0 Å². The molecule has 1 aliphatic heterocycles. The summed E-state index contributed by atoms with van der Waals surface area (Å²) in [5.74, 6) is 2.67. The maximum atomic E-state index is 12.2. The summed E-state index contributed by atoms with van der Waals surface area (Å²) in [6.07, 6.45) is 2.40. The number of carbonyl (C=O) groups is 1. The second-order valence-corrected chi connectivity index (χ2v) is 6.59. The van der Waals surface area contributed by atoms with Gasteiger partial charge in [0.2, 0.25) is 5.91 Å². The second-order valence-electron chi connectivity index (χ2n) is 5.49. The van der Waals surface area contributed by atoms with Gasteiger partial charge in [0.25, 0.3) is 0 Å². The number of rotatable bonds is 9. The molecule has 0 aromatic carbocycles. The van der Waals surface area contributed by atoms with Crippen molar-refractivity contribution in [2.75, 3.05) is 57.8 Å². The van der Waals surface area contributed by atoms with E-state index in [4.69, 9.17) is 0 Å². The summed E-state index contributed by atoms with van der Waals surface area (Å²) >= 11 is 1.78. The van der Waals surface area contributed by atoms with Crippen LogP contribution in [0.4, 0.5) is 0 Å². The van der Waals surface area contributed by atoms with Gasteiger partial charge in [-0.2, -0.15) is 11.8 Å². The summed E-state index contributed by atoms with van der Waals surface area (Å²) in [6.45, 7) is 10.6. The van der Waals surface area contributed by atoms with Crippen molar-refractivity contribution in [3.63, 3.8) is 0 Å². The number of nitrogens with zero attached hydrogens (tertiary/aromatic N) is 2. The number of hydrogen-bond donors (Lipinski definition) is 1. The normalized spacial score (nSPS) is 19.6. The molecule has 0 radical (unpaired) electrons. The minimum Gasteiger partial charge on any atom is -0.342 e. The van der Waals surface area contributed by atoms with Crippen LogP contribution in [0.5, 0.6) is 0 Å². The average molecular weight is 302 g/mol. The minimum absolute atomic E-state index is 0.329. The van der Waals surface area contributed by atoms with Gasteiger partial charge in [0.05, 0.1) is 5.75 Å². The van der Waals surface area contributed by atoms with Crippen LogP contribution in [-0.4, -0.2) is 73.5 Å². The van der Waals surface area contributed by atoms with E-state index in [2.05, 4.69) is 29.0 Å². The molecule has 0 aromatic heterocycles. The zero-order valence-electron chi connectivity index (χ0n) is 13.4. The fourth-order valence-corrected chi connectivity index (χ4v) is 3.62. The van der Waals surface area contributed by atoms with E-state index in [1.54, 1.807) is 11.8 Å². The Labute approximate surface area is 128 Å². The number of hydrogen-bond acceptors (Lipinski definition) is 4. The maximum Gasteiger partial charge on any atom is 0.232 e. The van der Waals surface area contributed by atoms with E-state index in [-0.39, 0.29) is 0 Å². The first-order valence-corrected chi connectivity index (χ1v) is 9.09. The van der Waals surface area contributed by atoms with Crippen molar-refractivity contribution >= 4 is 17.7 Å². The van der Waals surface area contributed by atoms with Gasteiger partial charge in [-0.25, -0.2) is 0 Å². The molecule has 1 aliphatic rings. The Morgan fingerprint density at radius 2 is 2.15 bits per heavy atom. The Hall–Kier alpha value is -0.260. The number of amides is 1. The summed E-state index contributed by atoms with van der Waals surface area (Å²) in [5, 5.41) is 3.23. The van der Waals surface area contributed by atoms with Gasteiger partial charge >= 0.3 is 0 Å². The van der Waals surface area contributed by atoms with Gasteiger partial charge in [0.1, 0.15) is 0 Å². The maximum absolute atomic E-state index is 12.2. The fraction of sp³-hybridized carbons (Fsp3) is 0.933. The molecule has 1 N–H and O–H groups in total. The lowest BCUT2D eigenvalue weighted by Gasteiger charge is -2.32. The van der Waals surface area contributed by atoms with E-state index in [0.29, 0.717) is 17.6 Å². The third-order valence-corrected chi connectivity index (χ3v) is 4.96. The summed E-state index contributed by atoms with van der Waals surface area (Å²) in [6, 6.07) is 0. The van der Waals surface area contributed by atoms with Gasteiger partial charge in [-0.1, -0.05) is 13.8 Å². The van der Waals surface area contributed by atoms with E-state index in [1.165, 1.54) is 6.42 Å². The van der Waals surface area contributed by atoms with Crippen LogP contribution in [0.2, 0.25) is 0 Å². The summed E-state index contributed by atoms with van der Waals surface area (Å²) in [7, 11) is 1.99. The zero-order valence-corrected chi connectivity index (χ0v) is 14.2. The van der Waals surface area contributed by atoms with E-state index in [0.717, 1.165) is 51.4 Å². The molecule has 0 spiro atoms. The summed E-state index contributed by atoms with van der Waals surface area (Å²) in [5.41, 5.74) is 0. The highest BCUT2D eigenvalue weighted by Crippen LogP contribution is 2.17. The van der Waals surface area contributed by atoms with Crippen LogP contribution in [0, 0.1) is 5.92 Å². The number of nitrogens with one attached hydrogen (secondary N) is 1. The first-order chi connectivity index (χ1) is 9.71. The highest BCUT2D eigenvalue weighted by molar-refractivity contribution is 7.99. The summed E-state index contributed by atoms with van der Waals surface area (Å²) in [4.78, 5) is 16.7. The molecule has 0 bridgehead atoms. The van der Waals surface area contributed by atoms with E-state index < -0.39 is 0 Å². The lowest BCUT2D eigenvalue weighted by molar-refractivity contribution is -0.130. The highest BCUT2D eigenvalue weighted by Gasteiger charge is 2.22. The van der Waals surface area contributed by atoms with Crippen LogP contribution >= 0.6 is 11.8 Å². The third kappa shape index (κ3) is 6.46. The topological polar surface area (TPSA) is 35.6 Å². The van der Waals surface area contributed by atoms with Crippen LogP contribution in [0.15, 0.2) is 0 Å². The number of thioether (sulfide) groups is 1. The monoisotopic (exact) mass is 301 g/mol. The van der Waals surface area contributed by atoms with Crippen molar-refractivity contribution in [2.45, 2.75) is 26.7 Å². The van der Waals surface area contributed by atoms with E-state index >= 15 is 0 Å². The number of likely N-dealkylation sites (tertiary alicyclic amines) is 1. The number of piperidine rings is 1. The molecule has 1 unspecified atom stereocenters. The van der Waals surface area contributed by atoms with E-state index in [1.807, 2.05) is 7.05 Å². The minimum atomic E-state index is 0.329. The van der Waals surface area contributed by atoms with Crippen LogP contribution in [-0.2, 0) is 4.79 Å². The number of carbonyl (C=O) groups excluding carboxylic acids is 1. The van der Waals surface area contributed by atoms with E-state index in [9.17, 15) is 4.79 Å². The van der Waals surface area contributed by atoms with Crippen molar-refractivity contribution in [1.82, 2.24) is 15.1 Å². The first-order valence-electron chi connectivity index (χ1n) is 7.93. The predicted octanol–water partition coefficient (Wildman–Crippen LogP) is 1.52. The fourth-order valence-electron chi connectivity index (χ4n) is 2.73. The Balaban J connectivity index is 2.18. The molecule has 1 heterocycles. The molecule has 5 heteroatoms. The van der Waals surface area contributed by atoms with Gasteiger partial charge in [-0.3, -0.25) is 4.79 Å². The second kappa shape index (κ2) is 10.5. The zero-order chi connectivity index (χ0) is 14.8. The highest BCUT2D eigenvalue weighted by atomic mass is 32.2.